The number of ether oxygens (including phenoxy) is 2. The number of hydroxylamine groups is 1. The molecule has 0 aliphatic carbocycles. The standard InChI is InChI=1S/C37H48N4O6/c42-27-29-12-14-30(15-13-29)34-24-33(26-41-22-20-40(21-23-41)25-28-8-4-3-5-9-28)46-37(47-34)31-16-18-32(19-17-31)38-35(43)10-6-1-2-7-11-36(44)39-45/h3-5,8-9,12-19,33-34,37,42,45H,1-2,6-7,10-11,20-27H2,(H,38,43)(H,39,44). The summed E-state index contributed by atoms with van der Waals surface area (Å²) in [6, 6.07) is 26.2. The summed E-state index contributed by atoms with van der Waals surface area (Å²) in [6.45, 7) is 5.82. The first-order chi connectivity index (χ1) is 23.0. The van der Waals surface area contributed by atoms with Gasteiger partial charge in [0.1, 0.15) is 0 Å². The summed E-state index contributed by atoms with van der Waals surface area (Å²) in [5, 5.41) is 21.0. The lowest BCUT2D eigenvalue weighted by Gasteiger charge is -2.40. The summed E-state index contributed by atoms with van der Waals surface area (Å²) in [7, 11) is 0. The third kappa shape index (κ3) is 11.0. The van der Waals surface area contributed by atoms with Crippen molar-refractivity contribution in [1.29, 1.82) is 0 Å². The van der Waals surface area contributed by atoms with Crippen LogP contribution in [-0.4, -0.2) is 70.8 Å². The maximum Gasteiger partial charge on any atom is 0.243 e. The Morgan fingerprint density at radius 2 is 1.36 bits per heavy atom. The predicted molar refractivity (Wildman–Crippen MR) is 179 cm³/mol. The smallest absolute Gasteiger partial charge is 0.243 e. The second-order valence-electron chi connectivity index (χ2n) is 12.5. The van der Waals surface area contributed by atoms with E-state index in [2.05, 4.69) is 45.4 Å². The summed E-state index contributed by atoms with van der Waals surface area (Å²) in [5.74, 6) is -0.433. The van der Waals surface area contributed by atoms with Crippen LogP contribution in [0.4, 0.5) is 5.69 Å². The number of piperazine rings is 1. The number of hydrogen-bond acceptors (Lipinski definition) is 8. The molecule has 0 aromatic heterocycles. The van der Waals surface area contributed by atoms with Crippen molar-refractivity contribution in [3.8, 4) is 0 Å². The van der Waals surface area contributed by atoms with E-state index in [-0.39, 0.29) is 37.0 Å². The van der Waals surface area contributed by atoms with Crippen molar-refractivity contribution in [1.82, 2.24) is 15.3 Å². The summed E-state index contributed by atoms with van der Waals surface area (Å²) >= 11 is 0. The second-order valence-corrected chi connectivity index (χ2v) is 12.5. The van der Waals surface area contributed by atoms with Crippen LogP contribution in [0.2, 0.25) is 0 Å². The highest BCUT2D eigenvalue weighted by atomic mass is 16.7. The molecule has 3 aromatic carbocycles. The SMILES string of the molecule is O=C(CCCCCCC(=O)Nc1ccc(C2OC(CN3CCN(Cc4ccccc4)CC3)CC(c3ccc(CO)cc3)O2)cc1)NO. The van der Waals surface area contributed by atoms with Gasteiger partial charge in [-0.2, -0.15) is 0 Å². The topological polar surface area (TPSA) is 124 Å². The van der Waals surface area contributed by atoms with Gasteiger partial charge in [0, 0.05) is 69.8 Å². The molecule has 0 bridgehead atoms. The number of hydrogen-bond donors (Lipinski definition) is 4. The molecule has 0 radical (unpaired) electrons. The molecule has 10 heteroatoms. The van der Waals surface area contributed by atoms with Crippen LogP contribution in [0.1, 0.15) is 79.6 Å². The van der Waals surface area contributed by atoms with E-state index >= 15 is 0 Å². The molecule has 0 saturated carbocycles. The van der Waals surface area contributed by atoms with Gasteiger partial charge in [-0.15, -0.1) is 0 Å². The zero-order chi connectivity index (χ0) is 32.8. The Morgan fingerprint density at radius 1 is 0.723 bits per heavy atom. The van der Waals surface area contributed by atoms with E-state index in [1.807, 2.05) is 48.5 Å². The van der Waals surface area contributed by atoms with Crippen molar-refractivity contribution in [3.63, 3.8) is 0 Å². The number of carbonyl (C=O) groups excluding carboxylic acids is 2. The third-order valence-corrected chi connectivity index (χ3v) is 8.94. The van der Waals surface area contributed by atoms with Crippen LogP contribution >= 0.6 is 0 Å². The van der Waals surface area contributed by atoms with E-state index in [1.165, 1.54) is 5.56 Å². The van der Waals surface area contributed by atoms with Gasteiger partial charge in [-0.05, 0) is 41.7 Å². The summed E-state index contributed by atoms with van der Waals surface area (Å²) < 4.78 is 13.1. The largest absolute Gasteiger partial charge is 0.392 e. The lowest BCUT2D eigenvalue weighted by Crippen LogP contribution is -2.49. The molecule has 2 saturated heterocycles. The number of benzene rings is 3. The number of anilines is 1. The molecule has 47 heavy (non-hydrogen) atoms. The fraction of sp³-hybridized carbons (Fsp3) is 0.459. The van der Waals surface area contributed by atoms with Crippen molar-refractivity contribution in [2.24, 2.45) is 0 Å². The normalized spacial score (nSPS) is 20.5. The summed E-state index contributed by atoms with van der Waals surface area (Å²) in [6.07, 6.45) is 3.80. The molecule has 3 unspecified atom stereocenters. The first kappa shape index (κ1) is 34.7. The van der Waals surface area contributed by atoms with Crippen molar-refractivity contribution >= 4 is 17.5 Å². The zero-order valence-corrected chi connectivity index (χ0v) is 27.1. The van der Waals surface area contributed by atoms with Gasteiger partial charge in [0.15, 0.2) is 6.29 Å². The summed E-state index contributed by atoms with van der Waals surface area (Å²) in [5.41, 5.74) is 6.52. The highest BCUT2D eigenvalue weighted by Crippen LogP contribution is 2.38. The number of aliphatic hydroxyl groups is 1. The van der Waals surface area contributed by atoms with Gasteiger partial charge in [0.25, 0.3) is 0 Å². The number of nitrogens with one attached hydrogen (secondary N) is 2. The predicted octanol–water partition coefficient (Wildman–Crippen LogP) is 5.33. The van der Waals surface area contributed by atoms with Crippen molar-refractivity contribution < 1.29 is 29.4 Å². The average Bonchev–Trinajstić information content (AvgIpc) is 3.11. The number of rotatable bonds is 15. The van der Waals surface area contributed by atoms with Crippen molar-refractivity contribution in [2.45, 2.75) is 76.6 Å². The zero-order valence-electron chi connectivity index (χ0n) is 27.1. The molecule has 4 N–H and O–H groups in total. The molecule has 2 fully saturated rings. The molecule has 0 spiro atoms. The molecule has 2 aliphatic heterocycles. The van der Waals surface area contributed by atoms with Crippen molar-refractivity contribution in [3.05, 3.63) is 101 Å². The van der Waals surface area contributed by atoms with Gasteiger partial charge in [0.05, 0.1) is 18.8 Å². The van der Waals surface area contributed by atoms with E-state index in [0.29, 0.717) is 12.8 Å². The molecule has 2 heterocycles. The van der Waals surface area contributed by atoms with Crippen LogP contribution < -0.4 is 10.8 Å². The second kappa shape index (κ2) is 18.1. The minimum atomic E-state index is -0.548. The highest BCUT2D eigenvalue weighted by molar-refractivity contribution is 5.90. The van der Waals surface area contributed by atoms with Gasteiger partial charge in [0.2, 0.25) is 11.8 Å². The van der Waals surface area contributed by atoms with E-state index in [4.69, 9.17) is 14.7 Å². The number of unbranched alkanes of at least 4 members (excludes halogenated alkanes) is 3. The van der Waals surface area contributed by atoms with E-state index in [9.17, 15) is 14.7 Å². The van der Waals surface area contributed by atoms with E-state index < -0.39 is 6.29 Å². The van der Waals surface area contributed by atoms with Crippen LogP contribution in [0.15, 0.2) is 78.9 Å². The Morgan fingerprint density at radius 3 is 2.02 bits per heavy atom. The van der Waals surface area contributed by atoms with Crippen LogP contribution in [0.25, 0.3) is 0 Å². The fourth-order valence-electron chi connectivity index (χ4n) is 6.22. The number of aliphatic hydroxyl groups excluding tert-OH is 1. The molecular weight excluding hydrogens is 596 g/mol. The molecule has 2 amide bonds. The molecule has 5 rings (SSSR count). The van der Waals surface area contributed by atoms with Crippen LogP contribution in [0.5, 0.6) is 0 Å². The third-order valence-electron chi connectivity index (χ3n) is 8.94. The Balaban J connectivity index is 1.15. The van der Waals surface area contributed by atoms with E-state index in [1.54, 1.807) is 5.48 Å². The number of carbonyl (C=O) groups is 2. The van der Waals surface area contributed by atoms with Crippen molar-refractivity contribution in [2.75, 3.05) is 38.0 Å². The van der Waals surface area contributed by atoms with Crippen LogP contribution in [-0.2, 0) is 32.2 Å². The monoisotopic (exact) mass is 644 g/mol. The highest BCUT2D eigenvalue weighted by Gasteiger charge is 2.33. The Kier molecular flexibility index (Phi) is 13.3. The quantitative estimate of drug-likeness (QED) is 0.0996. The van der Waals surface area contributed by atoms with Gasteiger partial charge in [-0.1, -0.05) is 79.6 Å². The minimum absolute atomic E-state index is 0.00477. The molecule has 2 aliphatic rings. The van der Waals surface area contributed by atoms with Gasteiger partial charge in [-0.3, -0.25) is 24.6 Å². The summed E-state index contributed by atoms with van der Waals surface area (Å²) in [4.78, 5) is 28.6. The maximum absolute atomic E-state index is 12.5. The van der Waals surface area contributed by atoms with Crippen LogP contribution in [0, 0.1) is 0 Å². The number of amides is 2. The van der Waals surface area contributed by atoms with Crippen LogP contribution in [0.3, 0.4) is 0 Å². The Hall–Kier alpha value is -3.64. The molecular formula is C37H48N4O6. The van der Waals surface area contributed by atoms with Gasteiger partial charge >= 0.3 is 0 Å². The molecule has 3 atom stereocenters. The van der Waals surface area contributed by atoms with E-state index in [0.717, 1.165) is 87.3 Å². The van der Waals surface area contributed by atoms with Gasteiger partial charge < -0.3 is 19.9 Å². The molecule has 252 valence electrons. The minimum Gasteiger partial charge on any atom is -0.392 e. The molecule has 10 nitrogen and oxygen atoms in total. The number of nitrogens with zero attached hydrogens (tertiary/aromatic N) is 2. The Bertz CT molecular complexity index is 1380. The fourth-order valence-corrected chi connectivity index (χ4v) is 6.22. The Labute approximate surface area is 277 Å². The lowest BCUT2D eigenvalue weighted by atomic mass is 9.99. The van der Waals surface area contributed by atoms with Gasteiger partial charge in [-0.25, -0.2) is 5.48 Å². The first-order valence-corrected chi connectivity index (χ1v) is 16.8. The lowest BCUT2D eigenvalue weighted by molar-refractivity contribution is -0.253. The first-order valence-electron chi connectivity index (χ1n) is 16.8. The maximum atomic E-state index is 12.5. The average molecular weight is 645 g/mol. The molecule has 3 aromatic rings.